The minimum atomic E-state index is 0. The summed E-state index contributed by atoms with van der Waals surface area (Å²) in [6.45, 7) is 7.48. The fraction of sp³-hybridized carbons (Fsp3) is 0.900. The van der Waals surface area contributed by atoms with E-state index >= 15 is 0 Å². The number of guanidine groups is 1. The van der Waals surface area contributed by atoms with Crippen LogP contribution in [0, 0.1) is 0 Å². The van der Waals surface area contributed by atoms with E-state index in [1.54, 1.807) is 0 Å². The van der Waals surface area contributed by atoms with Gasteiger partial charge in [0.1, 0.15) is 0 Å². The number of nitrogens with one attached hydrogen (secondary N) is 2. The third-order valence-corrected chi connectivity index (χ3v) is 3.15. The quantitative estimate of drug-likeness (QED) is 0.456. The van der Waals surface area contributed by atoms with Crippen LogP contribution < -0.4 is 10.6 Å². The summed E-state index contributed by atoms with van der Waals surface area (Å²) in [6, 6.07) is 0.478. The molecule has 0 amide bonds. The highest BCUT2D eigenvalue weighted by Crippen LogP contribution is 2.02. The Morgan fingerprint density at radius 3 is 2.40 bits per heavy atom. The van der Waals surface area contributed by atoms with Crippen LogP contribution in [0.2, 0.25) is 0 Å². The number of hydrogen-bond acceptors (Lipinski definition) is 2. The normalized spacial score (nSPS) is 15.1. The minimum Gasteiger partial charge on any atom is -0.355 e. The molecule has 0 aromatic heterocycles. The first kappa shape index (κ1) is 17.7. The number of nitrogens with zero attached hydrogens (tertiary/aromatic N) is 1. The summed E-state index contributed by atoms with van der Waals surface area (Å²) >= 11 is 1.86. The van der Waals surface area contributed by atoms with Crippen molar-refractivity contribution in [1.29, 1.82) is 0 Å². The van der Waals surface area contributed by atoms with Crippen molar-refractivity contribution < 1.29 is 0 Å². The summed E-state index contributed by atoms with van der Waals surface area (Å²) in [5.41, 5.74) is 0. The highest BCUT2D eigenvalue weighted by Gasteiger charge is 2.04. The van der Waals surface area contributed by atoms with Gasteiger partial charge in [-0.15, -0.1) is 24.0 Å². The van der Waals surface area contributed by atoms with Crippen LogP contribution in [0.15, 0.2) is 4.99 Å². The molecule has 0 spiro atoms. The van der Waals surface area contributed by atoms with E-state index in [0.717, 1.165) is 18.9 Å². The molecule has 0 aromatic carbocycles. The Bertz CT molecular complexity index is 176. The van der Waals surface area contributed by atoms with Gasteiger partial charge in [-0.25, -0.2) is 0 Å². The van der Waals surface area contributed by atoms with E-state index in [2.05, 4.69) is 42.7 Å². The van der Waals surface area contributed by atoms with Gasteiger partial charge in [0.25, 0.3) is 0 Å². The lowest BCUT2D eigenvalue weighted by Gasteiger charge is -2.18. The fourth-order valence-electron chi connectivity index (χ4n) is 0.854. The van der Waals surface area contributed by atoms with Gasteiger partial charge in [0, 0.05) is 24.9 Å². The number of halogens is 1. The summed E-state index contributed by atoms with van der Waals surface area (Å²) in [5.74, 6) is 0.903. The molecule has 3 nitrogen and oxygen atoms in total. The minimum absolute atomic E-state index is 0. The van der Waals surface area contributed by atoms with Crippen LogP contribution in [-0.2, 0) is 0 Å². The topological polar surface area (TPSA) is 36.4 Å². The lowest BCUT2D eigenvalue weighted by molar-refractivity contribution is 0.624. The Kier molecular flexibility index (Phi) is 12.8. The molecule has 2 unspecified atom stereocenters. The number of rotatable bonds is 5. The number of aliphatic imine (C=N–C) groups is 1. The molecule has 0 aromatic rings. The SMILES string of the molecule is CCC(C)NC(=NC)NCC(C)SC.I. The van der Waals surface area contributed by atoms with Gasteiger partial charge in [-0.05, 0) is 19.6 Å². The van der Waals surface area contributed by atoms with Crippen LogP contribution in [0.3, 0.4) is 0 Å². The highest BCUT2D eigenvalue weighted by atomic mass is 127. The average Bonchev–Trinajstić information content (AvgIpc) is 2.22. The Morgan fingerprint density at radius 2 is 2.00 bits per heavy atom. The van der Waals surface area contributed by atoms with E-state index in [1.165, 1.54) is 0 Å². The molecule has 0 rings (SSSR count). The van der Waals surface area contributed by atoms with Gasteiger partial charge in [-0.3, -0.25) is 4.99 Å². The first-order valence-electron chi connectivity index (χ1n) is 5.14. The summed E-state index contributed by atoms with van der Waals surface area (Å²) in [5, 5.41) is 7.24. The van der Waals surface area contributed by atoms with Crippen molar-refractivity contribution in [2.45, 2.75) is 38.5 Å². The first-order valence-corrected chi connectivity index (χ1v) is 6.42. The summed E-state index contributed by atoms with van der Waals surface area (Å²) in [6.07, 6.45) is 3.23. The molecule has 5 heteroatoms. The van der Waals surface area contributed by atoms with Crippen molar-refractivity contribution in [1.82, 2.24) is 10.6 Å². The van der Waals surface area contributed by atoms with Gasteiger partial charge in [0.05, 0.1) is 0 Å². The molecule has 0 saturated carbocycles. The molecular formula is C10H24IN3S. The molecule has 0 fully saturated rings. The standard InChI is InChI=1S/C10H23N3S.HI/c1-6-8(2)13-10(11-4)12-7-9(3)14-5;/h8-9H,6-7H2,1-5H3,(H2,11,12,13);1H. The second-order valence-electron chi connectivity index (χ2n) is 3.45. The molecule has 0 bridgehead atoms. The van der Waals surface area contributed by atoms with Crippen LogP contribution in [0.4, 0.5) is 0 Å². The summed E-state index contributed by atoms with van der Waals surface area (Å²) in [7, 11) is 1.81. The molecule has 92 valence electrons. The highest BCUT2D eigenvalue weighted by molar-refractivity contribution is 14.0. The molecule has 0 aliphatic rings. The Labute approximate surface area is 115 Å². The Hall–Kier alpha value is 0.350. The lowest BCUT2D eigenvalue weighted by atomic mass is 10.3. The van der Waals surface area contributed by atoms with Gasteiger partial charge in [-0.1, -0.05) is 13.8 Å². The third-order valence-electron chi connectivity index (χ3n) is 2.18. The van der Waals surface area contributed by atoms with Crippen molar-refractivity contribution in [3.05, 3.63) is 0 Å². The Morgan fingerprint density at radius 1 is 1.40 bits per heavy atom. The van der Waals surface area contributed by atoms with E-state index in [0.29, 0.717) is 11.3 Å². The first-order chi connectivity index (χ1) is 6.63. The molecule has 2 N–H and O–H groups in total. The number of thioether (sulfide) groups is 1. The molecule has 0 radical (unpaired) electrons. The smallest absolute Gasteiger partial charge is 0.191 e. The average molecular weight is 345 g/mol. The van der Waals surface area contributed by atoms with Gasteiger partial charge in [0.15, 0.2) is 5.96 Å². The second-order valence-corrected chi connectivity index (χ2v) is 4.73. The Balaban J connectivity index is 0. The summed E-state index contributed by atoms with van der Waals surface area (Å²) < 4.78 is 0. The molecule has 15 heavy (non-hydrogen) atoms. The largest absolute Gasteiger partial charge is 0.355 e. The zero-order chi connectivity index (χ0) is 11.0. The van der Waals surface area contributed by atoms with E-state index < -0.39 is 0 Å². The third kappa shape index (κ3) is 9.29. The molecule has 0 saturated heterocycles. The molecule has 2 atom stereocenters. The van der Waals surface area contributed by atoms with Crippen molar-refractivity contribution in [2.24, 2.45) is 4.99 Å². The van der Waals surface area contributed by atoms with Gasteiger partial charge in [-0.2, -0.15) is 11.8 Å². The van der Waals surface area contributed by atoms with Crippen molar-refractivity contribution in [2.75, 3.05) is 19.8 Å². The number of hydrogen-bond donors (Lipinski definition) is 2. The van der Waals surface area contributed by atoms with Crippen LogP contribution in [0.1, 0.15) is 27.2 Å². The van der Waals surface area contributed by atoms with Crippen molar-refractivity contribution in [3.63, 3.8) is 0 Å². The lowest BCUT2D eigenvalue weighted by Crippen LogP contribution is -2.43. The van der Waals surface area contributed by atoms with Gasteiger partial charge >= 0.3 is 0 Å². The van der Waals surface area contributed by atoms with E-state index in [4.69, 9.17) is 0 Å². The van der Waals surface area contributed by atoms with Crippen LogP contribution >= 0.6 is 35.7 Å². The maximum Gasteiger partial charge on any atom is 0.191 e. The zero-order valence-electron chi connectivity index (χ0n) is 10.3. The fourth-order valence-corrected chi connectivity index (χ4v) is 1.10. The van der Waals surface area contributed by atoms with Gasteiger partial charge < -0.3 is 10.6 Å². The van der Waals surface area contributed by atoms with E-state index in [1.807, 2.05) is 18.8 Å². The molecule has 0 aliphatic carbocycles. The van der Waals surface area contributed by atoms with Crippen LogP contribution in [-0.4, -0.2) is 37.1 Å². The molecule has 0 heterocycles. The monoisotopic (exact) mass is 345 g/mol. The zero-order valence-corrected chi connectivity index (χ0v) is 13.5. The van der Waals surface area contributed by atoms with E-state index in [-0.39, 0.29) is 24.0 Å². The van der Waals surface area contributed by atoms with Crippen molar-refractivity contribution in [3.8, 4) is 0 Å². The molecule has 0 aliphatic heterocycles. The maximum atomic E-state index is 4.17. The van der Waals surface area contributed by atoms with Gasteiger partial charge in [0.2, 0.25) is 0 Å². The molecular weight excluding hydrogens is 321 g/mol. The second kappa shape index (κ2) is 10.9. The van der Waals surface area contributed by atoms with E-state index in [9.17, 15) is 0 Å². The maximum absolute atomic E-state index is 4.17. The predicted molar refractivity (Wildman–Crippen MR) is 82.6 cm³/mol. The summed E-state index contributed by atoms with van der Waals surface area (Å²) in [4.78, 5) is 4.17. The van der Waals surface area contributed by atoms with Crippen LogP contribution in [0.25, 0.3) is 0 Å². The predicted octanol–water partition coefficient (Wildman–Crippen LogP) is 2.32. The van der Waals surface area contributed by atoms with Crippen LogP contribution in [0.5, 0.6) is 0 Å². The van der Waals surface area contributed by atoms with Crippen molar-refractivity contribution >= 4 is 41.7 Å².